The number of nitrogens with one attached hydrogen (secondary N) is 2. The fourth-order valence-electron chi connectivity index (χ4n) is 1.69. The van der Waals surface area contributed by atoms with Gasteiger partial charge in [0.15, 0.2) is 0 Å². The topological polar surface area (TPSA) is 70.6 Å². The monoisotopic (exact) mass is 294 g/mol. The SMILES string of the molecule is Cc1ccc(OC(C)CNC(=O)NC(C)C(C)CO)cc1. The van der Waals surface area contributed by atoms with Gasteiger partial charge in [0.25, 0.3) is 0 Å². The fourth-order valence-corrected chi connectivity index (χ4v) is 1.69. The van der Waals surface area contributed by atoms with Crippen molar-refractivity contribution in [2.45, 2.75) is 39.8 Å². The summed E-state index contributed by atoms with van der Waals surface area (Å²) < 4.78 is 5.71. The van der Waals surface area contributed by atoms with Gasteiger partial charge < -0.3 is 20.5 Å². The Balaban J connectivity index is 2.30. The van der Waals surface area contributed by atoms with Gasteiger partial charge in [0.2, 0.25) is 0 Å². The summed E-state index contributed by atoms with van der Waals surface area (Å²) in [6.07, 6.45) is -0.121. The maximum atomic E-state index is 11.7. The third-order valence-electron chi connectivity index (χ3n) is 3.41. The number of hydrogen-bond donors (Lipinski definition) is 3. The first kappa shape index (κ1) is 17.3. The average Bonchev–Trinajstić information content (AvgIpc) is 2.46. The molecule has 0 aliphatic heterocycles. The van der Waals surface area contributed by atoms with Gasteiger partial charge in [0, 0.05) is 12.6 Å². The maximum absolute atomic E-state index is 11.7. The van der Waals surface area contributed by atoms with Crippen LogP contribution in [0.2, 0.25) is 0 Å². The zero-order chi connectivity index (χ0) is 15.8. The lowest BCUT2D eigenvalue weighted by molar-refractivity contribution is 0.192. The van der Waals surface area contributed by atoms with Crippen molar-refractivity contribution in [1.29, 1.82) is 0 Å². The molecule has 0 aliphatic rings. The molecule has 0 spiro atoms. The molecular weight excluding hydrogens is 268 g/mol. The van der Waals surface area contributed by atoms with Crippen molar-refractivity contribution in [2.75, 3.05) is 13.2 Å². The molecule has 3 unspecified atom stereocenters. The summed E-state index contributed by atoms with van der Waals surface area (Å²) >= 11 is 0. The van der Waals surface area contributed by atoms with Crippen LogP contribution < -0.4 is 15.4 Å². The van der Waals surface area contributed by atoms with Gasteiger partial charge in [-0.3, -0.25) is 0 Å². The first-order valence-corrected chi connectivity index (χ1v) is 7.31. The van der Waals surface area contributed by atoms with E-state index in [0.29, 0.717) is 6.54 Å². The summed E-state index contributed by atoms with van der Waals surface area (Å²) in [6.45, 7) is 8.14. The number of aliphatic hydroxyl groups is 1. The molecule has 2 amide bonds. The molecule has 3 N–H and O–H groups in total. The van der Waals surface area contributed by atoms with Gasteiger partial charge in [-0.15, -0.1) is 0 Å². The Morgan fingerprint density at radius 1 is 1.24 bits per heavy atom. The van der Waals surface area contributed by atoms with E-state index in [1.165, 1.54) is 5.56 Å². The van der Waals surface area contributed by atoms with Gasteiger partial charge in [-0.25, -0.2) is 4.79 Å². The first-order valence-electron chi connectivity index (χ1n) is 7.31. The van der Waals surface area contributed by atoms with Crippen molar-refractivity contribution in [2.24, 2.45) is 5.92 Å². The standard InChI is InChI=1S/C16H26N2O3/c1-11-5-7-15(8-6-11)21-13(3)9-17-16(20)18-14(4)12(2)10-19/h5-8,12-14,19H,9-10H2,1-4H3,(H2,17,18,20). The Labute approximate surface area is 126 Å². The highest BCUT2D eigenvalue weighted by Crippen LogP contribution is 2.12. The third kappa shape index (κ3) is 6.49. The molecule has 0 radical (unpaired) electrons. The van der Waals surface area contributed by atoms with E-state index in [1.54, 1.807) is 0 Å². The second-order valence-electron chi connectivity index (χ2n) is 5.54. The first-order chi connectivity index (χ1) is 9.92. The minimum absolute atomic E-state index is 0.0250. The van der Waals surface area contributed by atoms with Gasteiger partial charge in [-0.2, -0.15) is 0 Å². The van der Waals surface area contributed by atoms with Crippen LogP contribution in [0.4, 0.5) is 4.79 Å². The predicted molar refractivity (Wildman–Crippen MR) is 83.5 cm³/mol. The third-order valence-corrected chi connectivity index (χ3v) is 3.41. The molecule has 1 aromatic carbocycles. The van der Waals surface area contributed by atoms with Crippen LogP contribution >= 0.6 is 0 Å². The molecule has 0 aliphatic carbocycles. The van der Waals surface area contributed by atoms with Crippen molar-refractivity contribution in [3.8, 4) is 5.75 Å². The van der Waals surface area contributed by atoms with E-state index in [9.17, 15) is 4.79 Å². The van der Waals surface area contributed by atoms with E-state index in [0.717, 1.165) is 5.75 Å². The molecule has 0 heterocycles. The smallest absolute Gasteiger partial charge is 0.315 e. The highest BCUT2D eigenvalue weighted by atomic mass is 16.5. The van der Waals surface area contributed by atoms with Gasteiger partial charge in [0.1, 0.15) is 11.9 Å². The zero-order valence-electron chi connectivity index (χ0n) is 13.2. The molecule has 0 aromatic heterocycles. The molecule has 1 rings (SSSR count). The van der Waals surface area contributed by atoms with E-state index in [1.807, 2.05) is 52.0 Å². The number of urea groups is 1. The molecule has 3 atom stereocenters. The maximum Gasteiger partial charge on any atom is 0.315 e. The van der Waals surface area contributed by atoms with E-state index < -0.39 is 0 Å². The fraction of sp³-hybridized carbons (Fsp3) is 0.562. The number of amides is 2. The Bertz CT molecular complexity index is 434. The van der Waals surface area contributed by atoms with Crippen LogP contribution in [0.1, 0.15) is 26.3 Å². The number of aliphatic hydroxyl groups excluding tert-OH is 1. The number of benzene rings is 1. The van der Waals surface area contributed by atoms with Crippen molar-refractivity contribution in [3.63, 3.8) is 0 Å². The number of aryl methyl sites for hydroxylation is 1. The van der Waals surface area contributed by atoms with Gasteiger partial charge in [0.05, 0.1) is 6.54 Å². The van der Waals surface area contributed by atoms with E-state index >= 15 is 0 Å². The van der Waals surface area contributed by atoms with Gasteiger partial charge in [-0.05, 0) is 38.8 Å². The van der Waals surface area contributed by atoms with Gasteiger partial charge in [-0.1, -0.05) is 24.6 Å². The summed E-state index contributed by atoms with van der Waals surface area (Å²) in [6, 6.07) is 7.47. The molecule has 0 saturated carbocycles. The largest absolute Gasteiger partial charge is 0.489 e. The van der Waals surface area contributed by atoms with Crippen LogP contribution in [0.3, 0.4) is 0 Å². The second-order valence-corrected chi connectivity index (χ2v) is 5.54. The van der Waals surface area contributed by atoms with E-state index in [-0.39, 0.29) is 30.7 Å². The Kier molecular flexibility index (Phi) is 7.02. The summed E-state index contributed by atoms with van der Waals surface area (Å²) in [5.41, 5.74) is 1.18. The summed E-state index contributed by atoms with van der Waals surface area (Å²) in [7, 11) is 0. The number of rotatable bonds is 7. The van der Waals surface area contributed by atoms with E-state index in [2.05, 4.69) is 10.6 Å². The Morgan fingerprint density at radius 3 is 2.43 bits per heavy atom. The lowest BCUT2D eigenvalue weighted by Crippen LogP contribution is -2.46. The number of carbonyl (C=O) groups is 1. The normalized spacial score (nSPS) is 14.9. The lowest BCUT2D eigenvalue weighted by atomic mass is 10.1. The predicted octanol–water partition coefficient (Wildman–Crippen LogP) is 2.08. The molecule has 1 aromatic rings. The molecule has 118 valence electrons. The zero-order valence-corrected chi connectivity index (χ0v) is 13.2. The minimum atomic E-state index is -0.248. The van der Waals surface area contributed by atoms with Crippen LogP contribution in [0.25, 0.3) is 0 Å². The van der Waals surface area contributed by atoms with Gasteiger partial charge >= 0.3 is 6.03 Å². The lowest BCUT2D eigenvalue weighted by Gasteiger charge is -2.21. The van der Waals surface area contributed by atoms with Crippen molar-refractivity contribution >= 4 is 6.03 Å². The quantitative estimate of drug-likeness (QED) is 0.721. The molecular formula is C16H26N2O3. The molecule has 5 nitrogen and oxygen atoms in total. The molecule has 0 saturated heterocycles. The summed E-state index contributed by atoms with van der Waals surface area (Å²) in [5, 5.41) is 14.6. The van der Waals surface area contributed by atoms with Crippen LogP contribution in [-0.4, -0.2) is 36.4 Å². The van der Waals surface area contributed by atoms with Crippen molar-refractivity contribution < 1.29 is 14.6 Å². The molecule has 0 fully saturated rings. The molecule has 5 heteroatoms. The summed E-state index contributed by atoms with van der Waals surface area (Å²) in [5.74, 6) is 0.814. The van der Waals surface area contributed by atoms with Crippen molar-refractivity contribution in [1.82, 2.24) is 10.6 Å². The van der Waals surface area contributed by atoms with Crippen LogP contribution in [-0.2, 0) is 0 Å². The number of ether oxygens (including phenoxy) is 1. The Morgan fingerprint density at radius 2 is 1.86 bits per heavy atom. The summed E-state index contributed by atoms with van der Waals surface area (Å²) in [4.78, 5) is 11.7. The highest BCUT2D eigenvalue weighted by Gasteiger charge is 2.14. The van der Waals surface area contributed by atoms with Crippen LogP contribution in [0.5, 0.6) is 5.75 Å². The Hall–Kier alpha value is -1.75. The van der Waals surface area contributed by atoms with Crippen molar-refractivity contribution in [3.05, 3.63) is 29.8 Å². The van der Waals surface area contributed by atoms with E-state index in [4.69, 9.17) is 9.84 Å². The number of carbonyl (C=O) groups excluding carboxylic acids is 1. The number of hydrogen-bond acceptors (Lipinski definition) is 3. The molecule has 0 bridgehead atoms. The van der Waals surface area contributed by atoms with Crippen LogP contribution in [0, 0.1) is 12.8 Å². The second kappa shape index (κ2) is 8.52. The minimum Gasteiger partial charge on any atom is -0.489 e. The molecule has 21 heavy (non-hydrogen) atoms. The average molecular weight is 294 g/mol. The highest BCUT2D eigenvalue weighted by molar-refractivity contribution is 5.74. The van der Waals surface area contributed by atoms with Crippen LogP contribution in [0.15, 0.2) is 24.3 Å².